The Kier molecular flexibility index (Phi) is 10.0. The van der Waals surface area contributed by atoms with Crippen LogP contribution >= 0.6 is 0 Å². The average molecular weight is 778 g/mol. The summed E-state index contributed by atoms with van der Waals surface area (Å²) in [7, 11) is 0. The molecule has 3 heteroatoms. The maximum Gasteiger partial charge on any atom is 0.0561 e. The van der Waals surface area contributed by atoms with Crippen LogP contribution in [0, 0.1) is 0 Å². The highest BCUT2D eigenvalue weighted by Gasteiger charge is 2.25. The summed E-state index contributed by atoms with van der Waals surface area (Å²) in [5, 5.41) is 2.52. The fourth-order valence-corrected chi connectivity index (χ4v) is 9.55. The van der Waals surface area contributed by atoms with Crippen LogP contribution in [0.2, 0.25) is 0 Å². The maximum atomic E-state index is 2.43. The summed E-state index contributed by atoms with van der Waals surface area (Å²) in [6.07, 6.45) is 6.62. The summed E-state index contributed by atoms with van der Waals surface area (Å²) in [6, 6.07) is 75.6. The Morgan fingerprint density at radius 2 is 0.833 bits per heavy atom. The number of anilines is 6. The van der Waals surface area contributed by atoms with E-state index in [1.165, 1.54) is 76.3 Å². The molecule has 0 amide bonds. The lowest BCUT2D eigenvalue weighted by atomic mass is 9.78. The number of aromatic nitrogens is 1. The van der Waals surface area contributed by atoms with Crippen molar-refractivity contribution in [2.24, 2.45) is 0 Å². The van der Waals surface area contributed by atoms with Crippen LogP contribution in [-0.2, 0) is 5.41 Å². The minimum absolute atomic E-state index is 0.219. The van der Waals surface area contributed by atoms with Gasteiger partial charge < -0.3 is 14.4 Å². The van der Waals surface area contributed by atoms with Crippen LogP contribution in [0.1, 0.15) is 68.6 Å². The van der Waals surface area contributed by atoms with Gasteiger partial charge in [0, 0.05) is 56.0 Å². The SMILES string of the molecule is CC(C)(c1ccc(N(c2ccccc2)c2ccccc2)cc1)c1ccc(N(c2ccc(C3CCCCC3)cc2)c2ccc3c4ccccc4n(-c4ccccc4)c3c2)cc1. The minimum Gasteiger partial charge on any atom is -0.311 e. The molecule has 60 heavy (non-hydrogen) atoms. The fourth-order valence-electron chi connectivity index (χ4n) is 9.55. The van der Waals surface area contributed by atoms with Gasteiger partial charge in [0.2, 0.25) is 0 Å². The molecule has 0 radical (unpaired) electrons. The van der Waals surface area contributed by atoms with Crippen LogP contribution in [0.25, 0.3) is 27.5 Å². The predicted molar refractivity (Wildman–Crippen MR) is 255 cm³/mol. The smallest absolute Gasteiger partial charge is 0.0561 e. The molecule has 0 bridgehead atoms. The molecule has 0 unspecified atom stereocenters. The van der Waals surface area contributed by atoms with Crippen LogP contribution in [-0.4, -0.2) is 4.57 Å². The van der Waals surface area contributed by atoms with E-state index in [4.69, 9.17) is 0 Å². The molecule has 1 fully saturated rings. The van der Waals surface area contributed by atoms with Gasteiger partial charge in [-0.05, 0) is 126 Å². The lowest BCUT2D eigenvalue weighted by molar-refractivity contribution is 0.443. The summed E-state index contributed by atoms with van der Waals surface area (Å²) < 4.78 is 2.41. The predicted octanol–water partition coefficient (Wildman–Crippen LogP) is 16.1. The van der Waals surface area contributed by atoms with Crippen LogP contribution in [0.3, 0.4) is 0 Å². The summed E-state index contributed by atoms with van der Waals surface area (Å²) in [6.45, 7) is 4.67. The van der Waals surface area contributed by atoms with E-state index in [0.29, 0.717) is 5.92 Å². The summed E-state index contributed by atoms with van der Waals surface area (Å²) >= 11 is 0. The van der Waals surface area contributed by atoms with Crippen LogP contribution < -0.4 is 9.80 Å². The number of hydrogen-bond donors (Lipinski definition) is 0. The topological polar surface area (TPSA) is 11.4 Å². The van der Waals surface area contributed by atoms with Gasteiger partial charge in [0.1, 0.15) is 0 Å². The molecule has 0 spiro atoms. The Bertz CT molecular complexity index is 2800. The van der Waals surface area contributed by atoms with Crippen LogP contribution in [0.4, 0.5) is 34.1 Å². The van der Waals surface area contributed by atoms with E-state index in [2.05, 4.69) is 234 Å². The first-order valence-electron chi connectivity index (χ1n) is 21.6. The molecular weight excluding hydrogens is 727 g/mol. The first-order valence-corrected chi connectivity index (χ1v) is 21.6. The average Bonchev–Trinajstić information content (AvgIpc) is 3.65. The van der Waals surface area contributed by atoms with Crippen LogP contribution in [0.15, 0.2) is 206 Å². The Labute approximate surface area is 354 Å². The number of fused-ring (bicyclic) bond motifs is 3. The highest BCUT2D eigenvalue weighted by atomic mass is 15.1. The summed E-state index contributed by atoms with van der Waals surface area (Å²) in [5.74, 6) is 0.662. The maximum absolute atomic E-state index is 2.43. The van der Waals surface area contributed by atoms with Crippen molar-refractivity contribution >= 4 is 55.9 Å². The van der Waals surface area contributed by atoms with Gasteiger partial charge in [-0.1, -0.05) is 148 Å². The monoisotopic (exact) mass is 777 g/mol. The largest absolute Gasteiger partial charge is 0.311 e. The van der Waals surface area contributed by atoms with Crippen molar-refractivity contribution in [2.75, 3.05) is 9.80 Å². The second-order valence-corrected chi connectivity index (χ2v) is 16.9. The van der Waals surface area contributed by atoms with Gasteiger partial charge in [0.05, 0.1) is 11.0 Å². The Balaban J connectivity index is 1.02. The molecule has 8 aromatic carbocycles. The van der Waals surface area contributed by atoms with Crippen molar-refractivity contribution in [1.82, 2.24) is 4.57 Å². The van der Waals surface area contributed by atoms with E-state index in [-0.39, 0.29) is 5.41 Å². The third-order valence-corrected chi connectivity index (χ3v) is 12.9. The Morgan fingerprint density at radius 1 is 0.400 bits per heavy atom. The molecule has 0 atom stereocenters. The molecule has 1 heterocycles. The van der Waals surface area contributed by atoms with Crippen molar-refractivity contribution in [2.45, 2.75) is 57.3 Å². The van der Waals surface area contributed by atoms with E-state index >= 15 is 0 Å². The normalized spacial score (nSPS) is 13.4. The van der Waals surface area contributed by atoms with Gasteiger partial charge in [0.15, 0.2) is 0 Å². The Morgan fingerprint density at radius 3 is 1.40 bits per heavy atom. The van der Waals surface area contributed by atoms with Crippen molar-refractivity contribution in [1.29, 1.82) is 0 Å². The highest BCUT2D eigenvalue weighted by Crippen LogP contribution is 2.43. The molecule has 10 rings (SSSR count). The van der Waals surface area contributed by atoms with Gasteiger partial charge >= 0.3 is 0 Å². The molecule has 1 aliphatic rings. The minimum atomic E-state index is -0.219. The third kappa shape index (κ3) is 7.05. The zero-order valence-corrected chi connectivity index (χ0v) is 34.6. The molecular formula is C57H51N3. The molecule has 3 nitrogen and oxygen atoms in total. The molecule has 0 aliphatic heterocycles. The molecule has 294 valence electrons. The van der Waals surface area contributed by atoms with Crippen molar-refractivity contribution < 1.29 is 0 Å². The van der Waals surface area contributed by atoms with Crippen molar-refractivity contribution in [3.05, 3.63) is 223 Å². The fraction of sp³-hybridized carbons (Fsp3) is 0.158. The van der Waals surface area contributed by atoms with Crippen LogP contribution in [0.5, 0.6) is 0 Å². The molecule has 9 aromatic rings. The lowest BCUT2D eigenvalue weighted by Crippen LogP contribution is -2.19. The highest BCUT2D eigenvalue weighted by molar-refractivity contribution is 6.10. The summed E-state index contributed by atoms with van der Waals surface area (Å²) in [5.41, 5.74) is 14.2. The van der Waals surface area contributed by atoms with Crippen molar-refractivity contribution in [3.8, 4) is 5.69 Å². The molecule has 0 N–H and O–H groups in total. The third-order valence-electron chi connectivity index (χ3n) is 12.9. The van der Waals surface area contributed by atoms with Gasteiger partial charge in [-0.25, -0.2) is 0 Å². The number of rotatable bonds is 10. The van der Waals surface area contributed by atoms with Crippen molar-refractivity contribution in [3.63, 3.8) is 0 Å². The van der Waals surface area contributed by atoms with Gasteiger partial charge in [-0.2, -0.15) is 0 Å². The summed E-state index contributed by atoms with van der Waals surface area (Å²) in [4.78, 5) is 4.75. The number of nitrogens with zero attached hydrogens (tertiary/aromatic N) is 3. The van der Waals surface area contributed by atoms with E-state index in [1.807, 2.05) is 0 Å². The van der Waals surface area contributed by atoms with Gasteiger partial charge in [-0.3, -0.25) is 0 Å². The van der Waals surface area contributed by atoms with Gasteiger partial charge in [0.25, 0.3) is 0 Å². The number of benzene rings is 8. The molecule has 1 aliphatic carbocycles. The van der Waals surface area contributed by atoms with E-state index in [1.54, 1.807) is 0 Å². The molecule has 1 saturated carbocycles. The standard InChI is InChI=1S/C57H51N3/c1-57(2,44-29-35-50(36-30-44)58(46-19-9-4-10-20-46)47-21-11-5-12-22-47)45-31-37-51(38-32-45)59(49-33-27-43(28-34-49)42-17-7-3-8-18-42)52-39-40-54-53-25-15-16-26-55(53)60(56(54)41-52)48-23-13-6-14-24-48/h4-6,9-16,19-42H,3,7-8,17-18H2,1-2H3. The lowest BCUT2D eigenvalue weighted by Gasteiger charge is -2.30. The first kappa shape index (κ1) is 37.4. The quantitative estimate of drug-likeness (QED) is 0.137. The number of para-hydroxylation sites is 4. The second-order valence-electron chi connectivity index (χ2n) is 16.9. The Hall–Kier alpha value is -6.84. The van der Waals surface area contributed by atoms with E-state index < -0.39 is 0 Å². The first-order chi connectivity index (χ1) is 29.5. The second kappa shape index (κ2) is 16.1. The van der Waals surface area contributed by atoms with E-state index in [9.17, 15) is 0 Å². The molecule has 0 saturated heterocycles. The molecule has 1 aromatic heterocycles. The van der Waals surface area contributed by atoms with Gasteiger partial charge in [-0.15, -0.1) is 0 Å². The number of hydrogen-bond acceptors (Lipinski definition) is 2. The van der Waals surface area contributed by atoms with E-state index in [0.717, 1.165) is 34.1 Å². The zero-order valence-electron chi connectivity index (χ0n) is 34.6. The zero-order chi connectivity index (χ0) is 40.5.